The van der Waals surface area contributed by atoms with Crippen LogP contribution in [0.4, 0.5) is 4.39 Å². The largest absolute Gasteiger partial charge is 0.481 e. The number of nitrogens with zero attached hydrogens (tertiary/aromatic N) is 2. The van der Waals surface area contributed by atoms with Crippen molar-refractivity contribution in [1.29, 1.82) is 0 Å². The lowest BCUT2D eigenvalue weighted by atomic mass is 10.1. The summed E-state index contributed by atoms with van der Waals surface area (Å²) in [6.45, 7) is 0. The minimum absolute atomic E-state index is 0.0416. The van der Waals surface area contributed by atoms with E-state index in [9.17, 15) is 14.0 Å². The van der Waals surface area contributed by atoms with Gasteiger partial charge in [-0.05, 0) is 49.2 Å². The molecular formula is C20H18FN3O3S. The van der Waals surface area contributed by atoms with Crippen molar-refractivity contribution in [2.75, 3.05) is 0 Å². The van der Waals surface area contributed by atoms with Crippen molar-refractivity contribution in [2.45, 2.75) is 25.7 Å². The van der Waals surface area contributed by atoms with Gasteiger partial charge >= 0.3 is 5.97 Å². The number of benzene rings is 2. The Kier molecular flexibility index (Phi) is 5.79. The van der Waals surface area contributed by atoms with Crippen molar-refractivity contribution in [3.8, 4) is 5.69 Å². The van der Waals surface area contributed by atoms with Crippen LogP contribution in [0.1, 0.15) is 30.7 Å². The fourth-order valence-electron chi connectivity index (χ4n) is 2.97. The second-order valence-corrected chi connectivity index (χ2v) is 6.78. The predicted octanol–water partition coefficient (Wildman–Crippen LogP) is 2.96. The molecule has 0 atom stereocenters. The lowest BCUT2D eigenvalue weighted by Gasteiger charge is -2.14. The molecule has 0 aliphatic carbocycles. The molecule has 0 aliphatic heterocycles. The Labute approximate surface area is 165 Å². The topological polar surface area (TPSA) is 98.2 Å². The molecule has 1 aromatic heterocycles. The number of thiocarbonyl (C=S) groups is 1. The number of unbranched alkanes of at least 4 members (excludes halogenated alkanes) is 1. The van der Waals surface area contributed by atoms with Crippen molar-refractivity contribution in [3.05, 3.63) is 70.0 Å². The number of aryl methyl sites for hydroxylation is 1. The highest BCUT2D eigenvalue weighted by Crippen LogP contribution is 2.17. The number of nitrogens with two attached hydrogens (primary N) is 1. The molecular weight excluding hydrogens is 381 g/mol. The predicted molar refractivity (Wildman–Crippen MR) is 108 cm³/mol. The number of carboxylic acid groups (broad SMARTS) is 1. The summed E-state index contributed by atoms with van der Waals surface area (Å²) in [6.07, 6.45) is 1.44. The summed E-state index contributed by atoms with van der Waals surface area (Å²) >= 11 is 4.99. The number of hydrogen-bond acceptors (Lipinski definition) is 4. The molecule has 2 aromatic carbocycles. The van der Waals surface area contributed by atoms with Crippen LogP contribution in [0.15, 0.2) is 47.3 Å². The molecule has 0 radical (unpaired) electrons. The molecule has 0 aliphatic rings. The number of aromatic nitrogens is 2. The second kappa shape index (κ2) is 8.26. The number of halogens is 1. The molecule has 3 aromatic rings. The normalized spacial score (nSPS) is 10.9. The summed E-state index contributed by atoms with van der Waals surface area (Å²) < 4.78 is 14.8. The van der Waals surface area contributed by atoms with Crippen molar-refractivity contribution >= 4 is 34.1 Å². The van der Waals surface area contributed by atoms with E-state index in [1.165, 1.54) is 28.8 Å². The number of rotatable bonds is 7. The van der Waals surface area contributed by atoms with Gasteiger partial charge in [0.15, 0.2) is 0 Å². The summed E-state index contributed by atoms with van der Waals surface area (Å²) in [5.74, 6) is -0.812. The van der Waals surface area contributed by atoms with E-state index in [1.807, 2.05) is 0 Å². The zero-order chi connectivity index (χ0) is 20.3. The van der Waals surface area contributed by atoms with E-state index in [-0.39, 0.29) is 17.0 Å². The van der Waals surface area contributed by atoms with Gasteiger partial charge in [-0.1, -0.05) is 18.3 Å². The molecule has 0 saturated carbocycles. The fourth-order valence-corrected chi connectivity index (χ4v) is 3.10. The van der Waals surface area contributed by atoms with E-state index in [4.69, 9.17) is 23.1 Å². The highest BCUT2D eigenvalue weighted by Gasteiger charge is 2.14. The molecule has 0 unspecified atom stereocenters. The third-order valence-electron chi connectivity index (χ3n) is 4.35. The number of aliphatic carboxylic acids is 1. The lowest BCUT2D eigenvalue weighted by molar-refractivity contribution is -0.137. The van der Waals surface area contributed by atoms with Crippen LogP contribution in [0, 0.1) is 5.82 Å². The smallest absolute Gasteiger partial charge is 0.303 e. The highest BCUT2D eigenvalue weighted by atomic mass is 32.1. The lowest BCUT2D eigenvalue weighted by Crippen LogP contribution is -2.24. The van der Waals surface area contributed by atoms with E-state index >= 15 is 0 Å². The third-order valence-corrected chi connectivity index (χ3v) is 4.58. The highest BCUT2D eigenvalue weighted by molar-refractivity contribution is 7.80. The molecule has 28 heavy (non-hydrogen) atoms. The first-order valence-corrected chi connectivity index (χ1v) is 9.11. The van der Waals surface area contributed by atoms with Gasteiger partial charge < -0.3 is 10.8 Å². The van der Waals surface area contributed by atoms with Crippen LogP contribution in [0.25, 0.3) is 16.6 Å². The zero-order valence-corrected chi connectivity index (χ0v) is 15.7. The van der Waals surface area contributed by atoms with Crippen molar-refractivity contribution < 1.29 is 14.3 Å². The van der Waals surface area contributed by atoms with Crippen LogP contribution in [-0.2, 0) is 11.2 Å². The standard InChI is InChI=1S/C20H18FN3O3S/c21-13-6-8-14(9-7-13)24-17(3-1-2-4-18(25)26)23-16-11-12(19(22)28)5-10-15(16)20(24)27/h5-11H,1-4H2,(H2,22,28)(H,25,26). The third kappa shape index (κ3) is 4.23. The van der Waals surface area contributed by atoms with Gasteiger partial charge in [0.05, 0.1) is 16.6 Å². The van der Waals surface area contributed by atoms with Gasteiger partial charge in [-0.15, -0.1) is 0 Å². The van der Waals surface area contributed by atoms with Gasteiger partial charge in [-0.2, -0.15) is 0 Å². The van der Waals surface area contributed by atoms with Crippen molar-refractivity contribution in [3.63, 3.8) is 0 Å². The average molecular weight is 399 g/mol. The number of carbonyl (C=O) groups is 1. The Morgan fingerprint density at radius 1 is 1.18 bits per heavy atom. The molecule has 3 N–H and O–H groups in total. The molecule has 144 valence electrons. The monoisotopic (exact) mass is 399 g/mol. The molecule has 8 heteroatoms. The quantitative estimate of drug-likeness (QED) is 0.468. The van der Waals surface area contributed by atoms with Crippen LogP contribution in [0.2, 0.25) is 0 Å². The summed E-state index contributed by atoms with van der Waals surface area (Å²) in [6, 6.07) is 10.5. The summed E-state index contributed by atoms with van der Waals surface area (Å²) in [4.78, 5) is 28.7. The molecule has 6 nitrogen and oxygen atoms in total. The van der Waals surface area contributed by atoms with E-state index in [0.717, 1.165) is 0 Å². The first-order valence-electron chi connectivity index (χ1n) is 8.70. The van der Waals surface area contributed by atoms with Gasteiger partial charge in [0.2, 0.25) is 0 Å². The SMILES string of the molecule is NC(=S)c1ccc2c(=O)n(-c3ccc(F)cc3)c(CCCCC(=O)O)nc2c1. The Bertz CT molecular complexity index is 1110. The number of hydrogen-bond donors (Lipinski definition) is 2. The first kappa shape index (κ1) is 19.6. The maximum atomic E-state index is 13.3. The minimum atomic E-state index is -0.872. The van der Waals surface area contributed by atoms with Crippen LogP contribution in [0.3, 0.4) is 0 Å². The summed E-state index contributed by atoms with van der Waals surface area (Å²) in [7, 11) is 0. The van der Waals surface area contributed by atoms with E-state index in [1.54, 1.807) is 18.2 Å². The van der Waals surface area contributed by atoms with Crippen molar-refractivity contribution in [2.24, 2.45) is 5.73 Å². The fraction of sp³-hybridized carbons (Fsp3) is 0.200. The summed E-state index contributed by atoms with van der Waals surface area (Å²) in [5, 5.41) is 9.19. The molecule has 0 bridgehead atoms. The molecule has 0 saturated heterocycles. The number of fused-ring (bicyclic) bond motifs is 1. The summed E-state index contributed by atoms with van der Waals surface area (Å²) in [5.41, 5.74) is 6.94. The van der Waals surface area contributed by atoms with Crippen LogP contribution in [0.5, 0.6) is 0 Å². The Morgan fingerprint density at radius 2 is 1.89 bits per heavy atom. The number of carboxylic acids is 1. The Hall–Kier alpha value is -3.13. The molecule has 1 heterocycles. The molecule has 0 spiro atoms. The van der Waals surface area contributed by atoms with Crippen molar-refractivity contribution in [1.82, 2.24) is 9.55 Å². The van der Waals surface area contributed by atoms with Crippen LogP contribution < -0.4 is 11.3 Å². The van der Waals surface area contributed by atoms with Gasteiger partial charge in [-0.3, -0.25) is 14.2 Å². The van der Waals surface area contributed by atoms with Gasteiger partial charge in [0.25, 0.3) is 5.56 Å². The van der Waals surface area contributed by atoms with Crippen LogP contribution >= 0.6 is 12.2 Å². The van der Waals surface area contributed by atoms with Crippen LogP contribution in [-0.4, -0.2) is 25.6 Å². The van der Waals surface area contributed by atoms with Gasteiger partial charge in [0.1, 0.15) is 16.6 Å². The molecule has 0 fully saturated rings. The molecule has 0 amide bonds. The van der Waals surface area contributed by atoms with E-state index < -0.39 is 11.8 Å². The van der Waals surface area contributed by atoms with E-state index in [0.29, 0.717) is 47.2 Å². The maximum absolute atomic E-state index is 13.3. The Balaban J connectivity index is 2.12. The van der Waals surface area contributed by atoms with Gasteiger partial charge in [-0.25, -0.2) is 9.37 Å². The van der Waals surface area contributed by atoms with Gasteiger partial charge in [0, 0.05) is 18.4 Å². The maximum Gasteiger partial charge on any atom is 0.303 e. The average Bonchev–Trinajstić information content (AvgIpc) is 2.66. The minimum Gasteiger partial charge on any atom is -0.481 e. The Morgan fingerprint density at radius 3 is 2.54 bits per heavy atom. The van der Waals surface area contributed by atoms with E-state index in [2.05, 4.69) is 4.98 Å². The molecule has 3 rings (SSSR count). The first-order chi connectivity index (χ1) is 13.4. The zero-order valence-electron chi connectivity index (χ0n) is 14.9. The second-order valence-electron chi connectivity index (χ2n) is 6.34.